The molecule has 1 aromatic rings. The van der Waals surface area contributed by atoms with Crippen molar-refractivity contribution in [3.8, 4) is 0 Å². The predicted octanol–water partition coefficient (Wildman–Crippen LogP) is 0.380. The summed E-state index contributed by atoms with van der Waals surface area (Å²) >= 11 is 0. The summed E-state index contributed by atoms with van der Waals surface area (Å²) in [6.07, 6.45) is 3.39. The van der Waals surface area contributed by atoms with Gasteiger partial charge in [-0.2, -0.15) is 0 Å². The van der Waals surface area contributed by atoms with Gasteiger partial charge in [-0.15, -0.1) is 5.10 Å². The molecule has 1 rings (SSSR count). The van der Waals surface area contributed by atoms with E-state index in [1.54, 1.807) is 10.9 Å². The molecule has 0 unspecified atom stereocenters. The summed E-state index contributed by atoms with van der Waals surface area (Å²) in [5.74, 6) is -1.22. The number of rotatable bonds is 5. The third-order valence-electron chi connectivity index (χ3n) is 2.43. The molecule has 0 saturated heterocycles. The maximum Gasteiger partial charge on any atom is 0.323 e. The molecule has 0 aliphatic heterocycles. The lowest BCUT2D eigenvalue weighted by Crippen LogP contribution is -2.48. The Hall–Kier alpha value is -1.92. The number of amides is 1. The van der Waals surface area contributed by atoms with Crippen LogP contribution in [0.1, 0.15) is 27.2 Å². The van der Waals surface area contributed by atoms with Crippen LogP contribution in [-0.4, -0.2) is 49.0 Å². The fraction of sp³-hybridized carbons (Fsp3) is 0.636. The Morgan fingerprint density at radius 1 is 1.39 bits per heavy atom. The Bertz CT molecular complexity index is 408. The van der Waals surface area contributed by atoms with Crippen LogP contribution in [0.25, 0.3) is 0 Å². The lowest BCUT2D eigenvalue weighted by Gasteiger charge is -2.34. The highest BCUT2D eigenvalue weighted by molar-refractivity contribution is 5.81. The van der Waals surface area contributed by atoms with E-state index in [0.717, 1.165) is 0 Å². The monoisotopic (exact) mass is 254 g/mol. The number of nitrogens with zero attached hydrogens (tertiary/aromatic N) is 4. The summed E-state index contributed by atoms with van der Waals surface area (Å²) in [7, 11) is 0. The van der Waals surface area contributed by atoms with Gasteiger partial charge in [0.1, 0.15) is 6.54 Å². The van der Waals surface area contributed by atoms with Gasteiger partial charge < -0.3 is 10.0 Å². The normalized spacial score (nSPS) is 11.3. The van der Waals surface area contributed by atoms with Crippen LogP contribution < -0.4 is 0 Å². The van der Waals surface area contributed by atoms with Crippen molar-refractivity contribution in [1.29, 1.82) is 0 Å². The lowest BCUT2D eigenvalue weighted by atomic mass is 10.1. The third kappa shape index (κ3) is 4.15. The molecule has 18 heavy (non-hydrogen) atoms. The Balaban J connectivity index is 2.62. The minimum atomic E-state index is -1.01. The number of hydrogen-bond acceptors (Lipinski definition) is 4. The summed E-state index contributed by atoms with van der Waals surface area (Å²) in [6, 6.07) is 0. The van der Waals surface area contributed by atoms with Crippen molar-refractivity contribution in [2.24, 2.45) is 0 Å². The average molecular weight is 254 g/mol. The van der Waals surface area contributed by atoms with E-state index in [4.69, 9.17) is 5.11 Å². The van der Waals surface area contributed by atoms with Crippen molar-refractivity contribution in [2.45, 2.75) is 39.3 Å². The first-order chi connectivity index (χ1) is 8.30. The van der Waals surface area contributed by atoms with Crippen LogP contribution in [0.5, 0.6) is 0 Å². The van der Waals surface area contributed by atoms with E-state index in [1.807, 2.05) is 20.8 Å². The van der Waals surface area contributed by atoms with Gasteiger partial charge in [0.25, 0.3) is 0 Å². The molecule has 0 fully saturated rings. The van der Waals surface area contributed by atoms with Crippen molar-refractivity contribution in [3.63, 3.8) is 0 Å². The van der Waals surface area contributed by atoms with E-state index >= 15 is 0 Å². The van der Waals surface area contributed by atoms with Gasteiger partial charge in [-0.25, -0.2) is 0 Å². The van der Waals surface area contributed by atoms with E-state index in [-0.39, 0.29) is 18.9 Å². The molecule has 1 aromatic heterocycles. The molecule has 1 amide bonds. The van der Waals surface area contributed by atoms with Crippen molar-refractivity contribution < 1.29 is 14.7 Å². The van der Waals surface area contributed by atoms with Gasteiger partial charge >= 0.3 is 5.97 Å². The Morgan fingerprint density at radius 3 is 2.50 bits per heavy atom. The summed E-state index contributed by atoms with van der Waals surface area (Å²) in [6.45, 7) is 5.53. The summed E-state index contributed by atoms with van der Waals surface area (Å²) in [5.41, 5.74) is -0.516. The summed E-state index contributed by atoms with van der Waals surface area (Å²) in [4.78, 5) is 24.1. The van der Waals surface area contributed by atoms with Gasteiger partial charge in [-0.1, -0.05) is 5.21 Å². The van der Waals surface area contributed by atoms with Crippen LogP contribution in [0.4, 0.5) is 0 Å². The number of carboxylic acids is 1. The number of aliphatic carboxylic acids is 1. The van der Waals surface area contributed by atoms with Crippen LogP contribution in [0, 0.1) is 0 Å². The van der Waals surface area contributed by atoms with Crippen LogP contribution in [0.2, 0.25) is 0 Å². The number of carbonyl (C=O) groups excluding carboxylic acids is 1. The van der Waals surface area contributed by atoms with Gasteiger partial charge in [-0.05, 0) is 20.8 Å². The minimum absolute atomic E-state index is 0.202. The highest BCUT2D eigenvalue weighted by Gasteiger charge is 2.27. The van der Waals surface area contributed by atoms with Crippen LogP contribution in [0.15, 0.2) is 12.4 Å². The molecule has 1 N–H and O–H groups in total. The molecule has 0 aliphatic carbocycles. The van der Waals surface area contributed by atoms with E-state index in [0.29, 0.717) is 6.54 Å². The molecule has 0 aromatic carbocycles. The topological polar surface area (TPSA) is 88.3 Å². The Kier molecular flexibility index (Phi) is 4.41. The molecular formula is C11H18N4O3. The maximum absolute atomic E-state index is 12.0. The summed E-state index contributed by atoms with van der Waals surface area (Å²) < 4.78 is 1.54. The third-order valence-corrected chi connectivity index (χ3v) is 2.43. The fourth-order valence-electron chi connectivity index (χ4n) is 1.53. The average Bonchev–Trinajstić information content (AvgIpc) is 2.73. The summed E-state index contributed by atoms with van der Waals surface area (Å²) in [5, 5.41) is 16.2. The first-order valence-electron chi connectivity index (χ1n) is 5.67. The van der Waals surface area contributed by atoms with Gasteiger partial charge in [0.2, 0.25) is 5.91 Å². The molecule has 1 heterocycles. The highest BCUT2D eigenvalue weighted by atomic mass is 16.4. The van der Waals surface area contributed by atoms with Crippen LogP contribution >= 0.6 is 0 Å². The minimum Gasteiger partial charge on any atom is -0.480 e. The number of aromatic nitrogens is 3. The molecule has 0 radical (unpaired) electrons. The fourth-order valence-corrected chi connectivity index (χ4v) is 1.53. The maximum atomic E-state index is 12.0. The van der Waals surface area contributed by atoms with Crippen molar-refractivity contribution in [1.82, 2.24) is 19.9 Å². The lowest BCUT2D eigenvalue weighted by molar-refractivity contribution is -0.148. The Labute approximate surface area is 105 Å². The van der Waals surface area contributed by atoms with Crippen molar-refractivity contribution >= 4 is 11.9 Å². The largest absolute Gasteiger partial charge is 0.480 e. The molecule has 100 valence electrons. The van der Waals surface area contributed by atoms with Crippen LogP contribution in [0.3, 0.4) is 0 Å². The molecule has 0 atom stereocenters. The van der Waals surface area contributed by atoms with E-state index in [1.165, 1.54) is 11.1 Å². The first-order valence-corrected chi connectivity index (χ1v) is 5.67. The van der Waals surface area contributed by atoms with Gasteiger partial charge in [0, 0.05) is 18.2 Å². The van der Waals surface area contributed by atoms with E-state index in [9.17, 15) is 9.59 Å². The molecule has 0 spiro atoms. The first kappa shape index (κ1) is 14.1. The molecule has 0 aliphatic rings. The number of hydrogen-bond donors (Lipinski definition) is 1. The molecular weight excluding hydrogens is 236 g/mol. The zero-order chi connectivity index (χ0) is 13.8. The number of carbonyl (C=O) groups is 2. The molecule has 7 heteroatoms. The molecule has 7 nitrogen and oxygen atoms in total. The van der Waals surface area contributed by atoms with Crippen molar-refractivity contribution in [3.05, 3.63) is 12.4 Å². The zero-order valence-electron chi connectivity index (χ0n) is 10.8. The van der Waals surface area contributed by atoms with E-state index < -0.39 is 11.5 Å². The van der Waals surface area contributed by atoms with Gasteiger partial charge in [0.05, 0.1) is 12.7 Å². The standard InChI is InChI=1S/C11H18N4O3/c1-11(2,3)15(8-10(17)18)9(16)4-6-14-7-5-12-13-14/h5,7H,4,6,8H2,1-3H3,(H,17,18). The predicted molar refractivity (Wildman–Crippen MR) is 63.7 cm³/mol. The second kappa shape index (κ2) is 5.61. The number of carboxylic acid groups (broad SMARTS) is 1. The quantitative estimate of drug-likeness (QED) is 0.820. The molecule has 0 saturated carbocycles. The second-order valence-electron chi connectivity index (χ2n) is 4.96. The van der Waals surface area contributed by atoms with Gasteiger partial charge in [0.15, 0.2) is 0 Å². The smallest absolute Gasteiger partial charge is 0.323 e. The zero-order valence-corrected chi connectivity index (χ0v) is 10.8. The highest BCUT2D eigenvalue weighted by Crippen LogP contribution is 2.14. The molecule has 0 bridgehead atoms. The SMILES string of the molecule is CC(C)(C)N(CC(=O)O)C(=O)CCn1ccnn1. The second-order valence-corrected chi connectivity index (χ2v) is 4.96. The van der Waals surface area contributed by atoms with Gasteiger partial charge in [-0.3, -0.25) is 14.3 Å². The van der Waals surface area contributed by atoms with Crippen LogP contribution in [-0.2, 0) is 16.1 Å². The van der Waals surface area contributed by atoms with E-state index in [2.05, 4.69) is 10.3 Å². The van der Waals surface area contributed by atoms with Crippen molar-refractivity contribution in [2.75, 3.05) is 6.54 Å². The Morgan fingerprint density at radius 2 is 2.06 bits per heavy atom. The number of aryl methyl sites for hydroxylation is 1.